The highest BCUT2D eigenvalue weighted by Crippen LogP contribution is 2.34. The molecule has 0 aromatic heterocycles. The molecule has 0 atom stereocenters. The summed E-state index contributed by atoms with van der Waals surface area (Å²) in [5, 5.41) is 0.341. The molecule has 0 aliphatic carbocycles. The molecule has 0 aliphatic rings. The van der Waals surface area contributed by atoms with Crippen LogP contribution >= 0.6 is 23.2 Å². The molecule has 0 spiro atoms. The van der Waals surface area contributed by atoms with Crippen LogP contribution in [0.25, 0.3) is 0 Å². The fourth-order valence-corrected chi connectivity index (χ4v) is 1.62. The first kappa shape index (κ1) is 12.0. The van der Waals surface area contributed by atoms with Gasteiger partial charge in [-0.1, -0.05) is 35.3 Å². The van der Waals surface area contributed by atoms with Crippen LogP contribution in [0.2, 0.25) is 10.0 Å². The van der Waals surface area contributed by atoms with Crippen molar-refractivity contribution in [1.29, 1.82) is 0 Å². The van der Waals surface area contributed by atoms with E-state index in [2.05, 4.69) is 0 Å². The molecule has 5 heteroatoms. The third kappa shape index (κ3) is 2.46. The summed E-state index contributed by atoms with van der Waals surface area (Å²) in [5.41, 5.74) is 5.96. The number of benzene rings is 2. The van der Waals surface area contributed by atoms with Gasteiger partial charge in [0.05, 0.1) is 15.7 Å². The van der Waals surface area contributed by atoms with E-state index in [9.17, 15) is 4.39 Å². The van der Waals surface area contributed by atoms with E-state index >= 15 is 0 Å². The van der Waals surface area contributed by atoms with Gasteiger partial charge >= 0.3 is 0 Å². The van der Waals surface area contributed by atoms with Gasteiger partial charge in [0.1, 0.15) is 0 Å². The van der Waals surface area contributed by atoms with E-state index in [1.54, 1.807) is 24.3 Å². The van der Waals surface area contributed by atoms with Crippen molar-refractivity contribution in [2.24, 2.45) is 0 Å². The van der Waals surface area contributed by atoms with Crippen molar-refractivity contribution < 1.29 is 9.13 Å². The average Bonchev–Trinajstić information content (AvgIpc) is 2.31. The van der Waals surface area contributed by atoms with E-state index in [0.717, 1.165) is 0 Å². The zero-order chi connectivity index (χ0) is 12.4. The van der Waals surface area contributed by atoms with Gasteiger partial charge in [-0.25, -0.2) is 4.39 Å². The van der Waals surface area contributed by atoms with Gasteiger partial charge in [0.25, 0.3) is 0 Å². The third-order valence-electron chi connectivity index (χ3n) is 2.15. The Morgan fingerprint density at radius 2 is 1.53 bits per heavy atom. The van der Waals surface area contributed by atoms with Crippen LogP contribution in [0.5, 0.6) is 11.5 Å². The van der Waals surface area contributed by atoms with Gasteiger partial charge in [-0.2, -0.15) is 0 Å². The predicted octanol–water partition coefficient (Wildman–Crippen LogP) is 4.51. The Balaban J connectivity index is 2.38. The molecule has 2 aromatic carbocycles. The van der Waals surface area contributed by atoms with Crippen LogP contribution in [0.3, 0.4) is 0 Å². The van der Waals surface area contributed by atoms with E-state index in [1.165, 1.54) is 12.1 Å². The van der Waals surface area contributed by atoms with E-state index in [0.29, 0.717) is 10.8 Å². The topological polar surface area (TPSA) is 35.2 Å². The molecule has 17 heavy (non-hydrogen) atoms. The SMILES string of the molecule is Nc1c(Cl)cccc1Oc1cccc(Cl)c1F. The summed E-state index contributed by atoms with van der Waals surface area (Å²) in [5.74, 6) is -0.335. The molecule has 0 amide bonds. The number of hydrogen-bond donors (Lipinski definition) is 1. The molecule has 0 saturated carbocycles. The summed E-state index contributed by atoms with van der Waals surface area (Å²) in [6.07, 6.45) is 0. The average molecular weight is 272 g/mol. The van der Waals surface area contributed by atoms with Crippen LogP contribution in [0.15, 0.2) is 36.4 Å². The monoisotopic (exact) mass is 271 g/mol. The van der Waals surface area contributed by atoms with Crippen LogP contribution in [0, 0.1) is 5.82 Å². The first-order valence-corrected chi connectivity index (χ1v) is 5.51. The van der Waals surface area contributed by atoms with E-state index in [4.69, 9.17) is 33.7 Å². The van der Waals surface area contributed by atoms with Gasteiger partial charge in [0.2, 0.25) is 0 Å². The largest absolute Gasteiger partial charge is 0.452 e. The maximum Gasteiger partial charge on any atom is 0.184 e. The smallest absolute Gasteiger partial charge is 0.184 e. The lowest BCUT2D eigenvalue weighted by molar-refractivity contribution is 0.444. The standard InChI is InChI=1S/C12H8Cl2FNO/c13-7-3-1-5-9(11(7)15)17-10-6-2-4-8(14)12(10)16/h1-6H,16H2. The highest BCUT2D eigenvalue weighted by atomic mass is 35.5. The second-order valence-electron chi connectivity index (χ2n) is 3.31. The minimum atomic E-state index is -0.631. The predicted molar refractivity (Wildman–Crippen MR) is 67.3 cm³/mol. The Morgan fingerprint density at radius 1 is 0.941 bits per heavy atom. The van der Waals surface area contributed by atoms with Crippen molar-refractivity contribution in [3.63, 3.8) is 0 Å². The summed E-state index contributed by atoms with van der Waals surface area (Å²) in [7, 11) is 0. The minimum absolute atomic E-state index is 0.00599. The van der Waals surface area contributed by atoms with Crippen molar-refractivity contribution in [3.05, 3.63) is 52.3 Å². The summed E-state index contributed by atoms with van der Waals surface area (Å²) < 4.78 is 18.9. The van der Waals surface area contributed by atoms with Crippen LogP contribution in [0.1, 0.15) is 0 Å². The zero-order valence-electron chi connectivity index (χ0n) is 8.58. The van der Waals surface area contributed by atoms with Crippen molar-refractivity contribution >= 4 is 28.9 Å². The second-order valence-corrected chi connectivity index (χ2v) is 4.12. The lowest BCUT2D eigenvalue weighted by Crippen LogP contribution is -1.94. The first-order chi connectivity index (χ1) is 8.09. The van der Waals surface area contributed by atoms with Gasteiger partial charge in [-0.3, -0.25) is 0 Å². The minimum Gasteiger partial charge on any atom is -0.452 e. The molecule has 0 bridgehead atoms. The molecular formula is C12H8Cl2FNO. The number of hydrogen-bond acceptors (Lipinski definition) is 2. The Labute approximate surface area is 108 Å². The summed E-state index contributed by atoms with van der Waals surface area (Å²) in [6, 6.07) is 9.37. The summed E-state index contributed by atoms with van der Waals surface area (Å²) in [4.78, 5) is 0. The number of para-hydroxylation sites is 1. The van der Waals surface area contributed by atoms with Crippen molar-refractivity contribution in [2.45, 2.75) is 0 Å². The molecule has 88 valence electrons. The Morgan fingerprint density at radius 3 is 2.24 bits per heavy atom. The van der Waals surface area contributed by atoms with E-state index in [-0.39, 0.29) is 16.5 Å². The molecular weight excluding hydrogens is 264 g/mol. The molecule has 0 radical (unpaired) electrons. The van der Waals surface area contributed by atoms with Crippen LogP contribution in [-0.4, -0.2) is 0 Å². The van der Waals surface area contributed by atoms with Crippen LogP contribution in [-0.2, 0) is 0 Å². The van der Waals surface area contributed by atoms with E-state index < -0.39 is 5.82 Å². The van der Waals surface area contributed by atoms with Crippen molar-refractivity contribution in [1.82, 2.24) is 0 Å². The zero-order valence-corrected chi connectivity index (χ0v) is 10.1. The molecule has 0 unspecified atom stereocenters. The molecule has 2 N–H and O–H groups in total. The number of nitrogens with two attached hydrogens (primary N) is 1. The lowest BCUT2D eigenvalue weighted by atomic mass is 10.3. The highest BCUT2D eigenvalue weighted by molar-refractivity contribution is 6.33. The fraction of sp³-hybridized carbons (Fsp3) is 0. The van der Waals surface area contributed by atoms with Crippen molar-refractivity contribution in [2.75, 3.05) is 5.73 Å². The quantitative estimate of drug-likeness (QED) is 0.816. The summed E-state index contributed by atoms with van der Waals surface area (Å²) >= 11 is 11.5. The molecule has 2 nitrogen and oxygen atoms in total. The maximum absolute atomic E-state index is 13.6. The van der Waals surface area contributed by atoms with E-state index in [1.807, 2.05) is 0 Å². The Kier molecular flexibility index (Phi) is 3.41. The van der Waals surface area contributed by atoms with Gasteiger partial charge in [-0.05, 0) is 24.3 Å². The Hall–Kier alpha value is -1.45. The first-order valence-electron chi connectivity index (χ1n) is 4.75. The van der Waals surface area contributed by atoms with Crippen molar-refractivity contribution in [3.8, 4) is 11.5 Å². The molecule has 2 rings (SSSR count). The maximum atomic E-state index is 13.6. The van der Waals surface area contributed by atoms with Gasteiger partial charge in [0, 0.05) is 0 Å². The normalized spacial score (nSPS) is 10.3. The molecule has 0 aliphatic heterocycles. The molecule has 2 aromatic rings. The molecule has 0 fully saturated rings. The number of rotatable bonds is 2. The van der Waals surface area contributed by atoms with Gasteiger partial charge in [-0.15, -0.1) is 0 Å². The van der Waals surface area contributed by atoms with Crippen LogP contribution in [0.4, 0.5) is 10.1 Å². The second kappa shape index (κ2) is 4.82. The third-order valence-corrected chi connectivity index (χ3v) is 2.77. The van der Waals surface area contributed by atoms with Gasteiger partial charge in [0.15, 0.2) is 17.3 Å². The number of ether oxygens (including phenoxy) is 1. The Bertz CT molecular complexity index is 511. The number of halogens is 3. The number of anilines is 1. The lowest BCUT2D eigenvalue weighted by Gasteiger charge is -2.10. The molecule has 0 saturated heterocycles. The van der Waals surface area contributed by atoms with Crippen LogP contribution < -0.4 is 10.5 Å². The highest BCUT2D eigenvalue weighted by Gasteiger charge is 2.11. The fourth-order valence-electron chi connectivity index (χ4n) is 1.29. The molecule has 0 heterocycles. The van der Waals surface area contributed by atoms with Gasteiger partial charge < -0.3 is 10.5 Å². The number of nitrogen functional groups attached to an aromatic ring is 1. The summed E-state index contributed by atoms with van der Waals surface area (Å²) in [6.45, 7) is 0.